The summed E-state index contributed by atoms with van der Waals surface area (Å²) in [5, 5.41) is 21.9. The minimum atomic E-state index is -1.10. The normalized spacial score (nSPS) is 11.6. The molecule has 2 heterocycles. The maximum absolute atomic E-state index is 12.5. The number of aliphatic carboxylic acids is 1. The lowest BCUT2D eigenvalue weighted by Crippen LogP contribution is -2.42. The number of amides is 1. The molecule has 0 bridgehead atoms. The third kappa shape index (κ3) is 5.84. The second-order valence-corrected chi connectivity index (χ2v) is 7.38. The Balaban J connectivity index is 1.55. The fraction of sp³-hybridized carbons (Fsp3) is 0.304. The Morgan fingerprint density at radius 2 is 1.91 bits per heavy atom. The van der Waals surface area contributed by atoms with Crippen molar-refractivity contribution in [1.29, 1.82) is 0 Å². The van der Waals surface area contributed by atoms with Crippen LogP contribution in [0, 0.1) is 13.8 Å². The molecule has 1 aromatic carbocycles. The first-order chi connectivity index (χ1) is 15.4. The van der Waals surface area contributed by atoms with Crippen LogP contribution >= 0.6 is 0 Å². The van der Waals surface area contributed by atoms with Crippen molar-refractivity contribution >= 4 is 17.7 Å². The smallest absolute Gasteiger partial charge is 0.326 e. The van der Waals surface area contributed by atoms with Gasteiger partial charge >= 0.3 is 5.97 Å². The zero-order valence-electron chi connectivity index (χ0n) is 18.3. The molecule has 0 saturated heterocycles. The molecule has 2 aromatic heterocycles. The summed E-state index contributed by atoms with van der Waals surface area (Å²) in [5.41, 5.74) is 3.19. The maximum Gasteiger partial charge on any atom is 0.326 e. The molecule has 9 nitrogen and oxygen atoms in total. The Labute approximate surface area is 186 Å². The first-order valence-electron chi connectivity index (χ1n) is 10.3. The van der Waals surface area contributed by atoms with Gasteiger partial charge in [-0.3, -0.25) is 9.89 Å². The zero-order valence-corrected chi connectivity index (χ0v) is 18.3. The van der Waals surface area contributed by atoms with Gasteiger partial charge in [-0.1, -0.05) is 18.2 Å². The molecule has 0 spiro atoms. The number of hydrogen-bond donors (Lipinski definition) is 4. The SMILES string of the molecule is CNc1cccc(CCOc2ccc(C[C@H](NC(=O)c3c(C)n[nH]c3C)C(=O)O)cc2)n1. The van der Waals surface area contributed by atoms with E-state index in [0.717, 1.165) is 17.1 Å². The average molecular weight is 438 g/mol. The van der Waals surface area contributed by atoms with E-state index in [9.17, 15) is 14.7 Å². The number of anilines is 1. The lowest BCUT2D eigenvalue weighted by atomic mass is 10.0. The van der Waals surface area contributed by atoms with E-state index in [1.165, 1.54) is 0 Å². The molecule has 168 valence electrons. The molecule has 0 aliphatic heterocycles. The van der Waals surface area contributed by atoms with Gasteiger partial charge in [0.2, 0.25) is 0 Å². The van der Waals surface area contributed by atoms with Crippen molar-refractivity contribution in [1.82, 2.24) is 20.5 Å². The van der Waals surface area contributed by atoms with Crippen LogP contribution in [0.25, 0.3) is 0 Å². The summed E-state index contributed by atoms with van der Waals surface area (Å²) in [5.74, 6) is -0.0741. The van der Waals surface area contributed by atoms with Gasteiger partial charge in [-0.05, 0) is 43.7 Å². The van der Waals surface area contributed by atoms with Crippen molar-refractivity contribution in [2.45, 2.75) is 32.7 Å². The number of hydrogen-bond acceptors (Lipinski definition) is 6. The van der Waals surface area contributed by atoms with Crippen molar-refractivity contribution in [2.24, 2.45) is 0 Å². The molecule has 9 heteroatoms. The summed E-state index contributed by atoms with van der Waals surface area (Å²) in [6.07, 6.45) is 0.815. The predicted molar refractivity (Wildman–Crippen MR) is 120 cm³/mol. The molecule has 3 aromatic rings. The number of nitrogens with zero attached hydrogens (tertiary/aromatic N) is 2. The van der Waals surface area contributed by atoms with E-state index >= 15 is 0 Å². The molecule has 0 aliphatic rings. The van der Waals surface area contributed by atoms with E-state index in [1.807, 2.05) is 25.2 Å². The lowest BCUT2D eigenvalue weighted by Gasteiger charge is -2.15. The van der Waals surface area contributed by atoms with Crippen LogP contribution in [0.3, 0.4) is 0 Å². The minimum Gasteiger partial charge on any atom is -0.493 e. The molecule has 4 N–H and O–H groups in total. The van der Waals surface area contributed by atoms with Gasteiger partial charge in [0.05, 0.1) is 17.9 Å². The van der Waals surface area contributed by atoms with E-state index in [1.54, 1.807) is 38.1 Å². The van der Waals surface area contributed by atoms with Gasteiger partial charge in [-0.25, -0.2) is 9.78 Å². The third-order valence-corrected chi connectivity index (χ3v) is 5.01. The molecular formula is C23H27N5O4. The topological polar surface area (TPSA) is 129 Å². The Morgan fingerprint density at radius 3 is 2.53 bits per heavy atom. The van der Waals surface area contributed by atoms with Crippen molar-refractivity contribution in [3.63, 3.8) is 0 Å². The highest BCUT2D eigenvalue weighted by Gasteiger charge is 2.24. The van der Waals surface area contributed by atoms with E-state index < -0.39 is 17.9 Å². The van der Waals surface area contributed by atoms with Crippen molar-refractivity contribution in [3.8, 4) is 5.75 Å². The maximum atomic E-state index is 12.5. The van der Waals surface area contributed by atoms with Gasteiger partial charge < -0.3 is 20.5 Å². The number of H-pyrrole nitrogens is 1. The van der Waals surface area contributed by atoms with Gasteiger partial charge in [0.15, 0.2) is 0 Å². The van der Waals surface area contributed by atoms with Crippen LogP contribution in [-0.2, 0) is 17.6 Å². The number of rotatable bonds is 10. The Bertz CT molecular complexity index is 1060. The van der Waals surface area contributed by atoms with Crippen LogP contribution in [0.4, 0.5) is 5.82 Å². The van der Waals surface area contributed by atoms with E-state index in [0.29, 0.717) is 35.7 Å². The number of pyridine rings is 1. The fourth-order valence-corrected chi connectivity index (χ4v) is 3.30. The number of nitrogens with one attached hydrogen (secondary N) is 3. The summed E-state index contributed by atoms with van der Waals surface area (Å²) in [7, 11) is 1.82. The lowest BCUT2D eigenvalue weighted by molar-refractivity contribution is -0.139. The highest BCUT2D eigenvalue weighted by atomic mass is 16.5. The van der Waals surface area contributed by atoms with Crippen LogP contribution in [0.2, 0.25) is 0 Å². The molecule has 32 heavy (non-hydrogen) atoms. The summed E-state index contributed by atoms with van der Waals surface area (Å²) in [6.45, 7) is 3.88. The van der Waals surface area contributed by atoms with Gasteiger partial charge in [-0.15, -0.1) is 0 Å². The highest BCUT2D eigenvalue weighted by Crippen LogP contribution is 2.15. The molecule has 3 rings (SSSR count). The van der Waals surface area contributed by atoms with Crippen LogP contribution in [0.15, 0.2) is 42.5 Å². The molecule has 1 atom stereocenters. The number of carbonyl (C=O) groups is 2. The van der Waals surface area contributed by atoms with E-state index in [2.05, 4.69) is 25.8 Å². The number of aromatic nitrogens is 3. The van der Waals surface area contributed by atoms with Crippen LogP contribution < -0.4 is 15.4 Å². The van der Waals surface area contributed by atoms with Crippen molar-refractivity contribution < 1.29 is 19.4 Å². The molecule has 0 fully saturated rings. The quantitative estimate of drug-likeness (QED) is 0.383. The fourth-order valence-electron chi connectivity index (χ4n) is 3.30. The van der Waals surface area contributed by atoms with Crippen LogP contribution in [0.1, 0.15) is 33.0 Å². The first-order valence-corrected chi connectivity index (χ1v) is 10.3. The minimum absolute atomic E-state index is 0.151. The molecule has 0 unspecified atom stereocenters. The van der Waals surface area contributed by atoms with Gasteiger partial charge in [-0.2, -0.15) is 5.10 Å². The number of ether oxygens (including phenoxy) is 1. The summed E-state index contributed by atoms with van der Waals surface area (Å²) in [6, 6.07) is 11.9. The molecule has 1 amide bonds. The predicted octanol–water partition coefficient (Wildman–Crippen LogP) is 2.51. The Morgan fingerprint density at radius 1 is 1.16 bits per heavy atom. The Kier molecular flexibility index (Phi) is 7.43. The van der Waals surface area contributed by atoms with Crippen LogP contribution in [-0.4, -0.2) is 51.9 Å². The largest absolute Gasteiger partial charge is 0.493 e. The summed E-state index contributed by atoms with van der Waals surface area (Å²) in [4.78, 5) is 28.7. The number of carboxylic acids is 1. The second kappa shape index (κ2) is 10.4. The number of carboxylic acid groups (broad SMARTS) is 1. The van der Waals surface area contributed by atoms with Gasteiger partial charge in [0.25, 0.3) is 5.91 Å². The first kappa shape index (κ1) is 22.8. The van der Waals surface area contributed by atoms with E-state index in [4.69, 9.17) is 4.74 Å². The monoisotopic (exact) mass is 437 g/mol. The van der Waals surface area contributed by atoms with Crippen LogP contribution in [0.5, 0.6) is 5.75 Å². The number of aromatic amines is 1. The number of benzene rings is 1. The summed E-state index contributed by atoms with van der Waals surface area (Å²) >= 11 is 0. The van der Waals surface area contributed by atoms with Gasteiger partial charge in [0.1, 0.15) is 17.6 Å². The standard InChI is InChI=1S/C23H27N5O4/c1-14-21(15(2)28-27-14)22(29)26-19(23(30)31)13-16-7-9-18(10-8-16)32-12-11-17-5-4-6-20(24-3)25-17/h4-10,19H,11-13H2,1-3H3,(H,24,25)(H,26,29)(H,27,28)(H,30,31)/t19-/m0/s1. The summed E-state index contributed by atoms with van der Waals surface area (Å²) < 4.78 is 5.77. The number of carbonyl (C=O) groups excluding carboxylic acids is 1. The van der Waals surface area contributed by atoms with Crippen molar-refractivity contribution in [2.75, 3.05) is 19.0 Å². The zero-order chi connectivity index (χ0) is 23.1. The molecule has 0 aliphatic carbocycles. The Hall–Kier alpha value is -3.88. The average Bonchev–Trinajstić information content (AvgIpc) is 3.12. The number of aryl methyl sites for hydroxylation is 2. The van der Waals surface area contributed by atoms with Crippen molar-refractivity contribution in [3.05, 3.63) is 70.7 Å². The molecule has 0 radical (unpaired) electrons. The second-order valence-electron chi connectivity index (χ2n) is 7.38. The highest BCUT2D eigenvalue weighted by molar-refractivity contribution is 5.98. The van der Waals surface area contributed by atoms with E-state index in [-0.39, 0.29) is 6.42 Å². The van der Waals surface area contributed by atoms with Gasteiger partial charge in [0, 0.05) is 31.3 Å². The third-order valence-electron chi connectivity index (χ3n) is 5.01. The molecular weight excluding hydrogens is 410 g/mol. The molecule has 0 saturated carbocycles.